The Kier molecular flexibility index (Phi) is 7.63. The third-order valence-electron chi connectivity index (χ3n) is 5.31. The van der Waals surface area contributed by atoms with Crippen molar-refractivity contribution in [2.75, 3.05) is 19.6 Å². The van der Waals surface area contributed by atoms with Crippen LogP contribution in [0.3, 0.4) is 0 Å². The molecule has 1 aliphatic rings. The molecular weight excluding hydrogens is 306 g/mol. The van der Waals surface area contributed by atoms with Gasteiger partial charge in [-0.05, 0) is 69.4 Å². The third kappa shape index (κ3) is 5.00. The van der Waals surface area contributed by atoms with E-state index in [9.17, 15) is 8.78 Å². The minimum Gasteiger partial charge on any atom is -0.299 e. The fourth-order valence-electron chi connectivity index (χ4n) is 3.98. The summed E-state index contributed by atoms with van der Waals surface area (Å²) in [6, 6.07) is 5.60. The maximum absolute atomic E-state index is 13.4. The van der Waals surface area contributed by atoms with Crippen LogP contribution in [-0.2, 0) is 6.54 Å². The lowest BCUT2D eigenvalue weighted by Gasteiger charge is -2.42. The second kappa shape index (κ2) is 9.47. The van der Waals surface area contributed by atoms with E-state index < -0.39 is 11.6 Å². The Hall–Kier alpha value is -1.00. The molecule has 1 saturated heterocycles. The third-order valence-corrected chi connectivity index (χ3v) is 5.31. The van der Waals surface area contributed by atoms with E-state index in [1.807, 2.05) is 0 Å². The van der Waals surface area contributed by atoms with Crippen LogP contribution < -0.4 is 0 Å². The van der Waals surface area contributed by atoms with Crippen molar-refractivity contribution >= 4 is 0 Å². The lowest BCUT2D eigenvalue weighted by molar-refractivity contribution is 0.0669. The molecule has 1 heterocycles. The number of nitrogens with zero attached hydrogens (tertiary/aromatic N) is 2. The van der Waals surface area contributed by atoms with Gasteiger partial charge in [-0.3, -0.25) is 9.80 Å². The lowest BCUT2D eigenvalue weighted by atomic mass is 9.98. The molecule has 0 spiro atoms. The number of halogens is 2. The summed E-state index contributed by atoms with van der Waals surface area (Å²) >= 11 is 0. The zero-order valence-corrected chi connectivity index (χ0v) is 15.4. The Balaban J connectivity index is 1.90. The molecule has 0 aromatic heterocycles. The number of piperidine rings is 1. The predicted molar refractivity (Wildman–Crippen MR) is 96.0 cm³/mol. The largest absolute Gasteiger partial charge is 0.299 e. The highest BCUT2D eigenvalue weighted by Crippen LogP contribution is 2.23. The SMILES string of the molecule is CCCN(C(CC)CC)C1CCN(Cc2ccc(F)c(F)c2)CC1. The fraction of sp³-hybridized carbons (Fsp3) is 0.700. The fourth-order valence-corrected chi connectivity index (χ4v) is 3.98. The van der Waals surface area contributed by atoms with Gasteiger partial charge in [0.2, 0.25) is 0 Å². The van der Waals surface area contributed by atoms with Crippen LogP contribution in [0.1, 0.15) is 58.4 Å². The molecule has 24 heavy (non-hydrogen) atoms. The predicted octanol–water partition coefficient (Wildman–Crippen LogP) is 4.83. The first-order valence-electron chi connectivity index (χ1n) is 9.51. The van der Waals surface area contributed by atoms with Crippen molar-refractivity contribution in [3.05, 3.63) is 35.4 Å². The highest BCUT2D eigenvalue weighted by atomic mass is 19.2. The summed E-state index contributed by atoms with van der Waals surface area (Å²) in [6.45, 7) is 10.8. The van der Waals surface area contributed by atoms with E-state index in [0.717, 1.165) is 18.7 Å². The number of hydrogen-bond acceptors (Lipinski definition) is 2. The van der Waals surface area contributed by atoms with Crippen LogP contribution in [-0.4, -0.2) is 41.5 Å². The molecule has 4 heteroatoms. The summed E-state index contributed by atoms with van der Waals surface area (Å²) in [4.78, 5) is 5.08. The Bertz CT molecular complexity index is 494. The second-order valence-corrected chi connectivity index (χ2v) is 6.96. The summed E-state index contributed by atoms with van der Waals surface area (Å²) in [5, 5.41) is 0. The van der Waals surface area contributed by atoms with E-state index in [0.29, 0.717) is 18.6 Å². The van der Waals surface area contributed by atoms with Crippen molar-refractivity contribution in [1.29, 1.82) is 0 Å². The van der Waals surface area contributed by atoms with Gasteiger partial charge in [0.25, 0.3) is 0 Å². The molecule has 1 aliphatic heterocycles. The van der Waals surface area contributed by atoms with E-state index in [2.05, 4.69) is 30.6 Å². The smallest absolute Gasteiger partial charge is 0.159 e. The molecule has 0 unspecified atom stereocenters. The van der Waals surface area contributed by atoms with Gasteiger partial charge >= 0.3 is 0 Å². The number of hydrogen-bond donors (Lipinski definition) is 0. The van der Waals surface area contributed by atoms with Gasteiger partial charge < -0.3 is 0 Å². The minimum atomic E-state index is -0.766. The van der Waals surface area contributed by atoms with Gasteiger partial charge in [-0.1, -0.05) is 26.8 Å². The molecule has 136 valence electrons. The molecule has 1 fully saturated rings. The zero-order chi connectivity index (χ0) is 17.5. The van der Waals surface area contributed by atoms with Crippen molar-refractivity contribution in [3.63, 3.8) is 0 Å². The van der Waals surface area contributed by atoms with Gasteiger partial charge in [-0.15, -0.1) is 0 Å². The molecule has 0 amide bonds. The average Bonchev–Trinajstić information content (AvgIpc) is 2.59. The first kappa shape index (κ1) is 19.3. The van der Waals surface area contributed by atoms with Gasteiger partial charge in [0.05, 0.1) is 0 Å². The topological polar surface area (TPSA) is 6.48 Å². The van der Waals surface area contributed by atoms with E-state index >= 15 is 0 Å². The number of benzene rings is 1. The highest BCUT2D eigenvalue weighted by Gasteiger charge is 2.27. The first-order chi connectivity index (χ1) is 11.6. The van der Waals surface area contributed by atoms with E-state index in [-0.39, 0.29) is 0 Å². The van der Waals surface area contributed by atoms with Crippen molar-refractivity contribution < 1.29 is 8.78 Å². The van der Waals surface area contributed by atoms with Crippen molar-refractivity contribution in [3.8, 4) is 0 Å². The summed E-state index contributed by atoms with van der Waals surface area (Å²) in [5.41, 5.74) is 0.859. The summed E-state index contributed by atoms with van der Waals surface area (Å²) in [6.07, 6.45) is 5.96. The van der Waals surface area contributed by atoms with Crippen molar-refractivity contribution in [2.24, 2.45) is 0 Å². The molecule has 0 N–H and O–H groups in total. The van der Waals surface area contributed by atoms with E-state index in [4.69, 9.17) is 0 Å². The molecule has 0 bridgehead atoms. The quantitative estimate of drug-likeness (QED) is 0.670. The van der Waals surface area contributed by atoms with Crippen LogP contribution in [0.5, 0.6) is 0 Å². The van der Waals surface area contributed by atoms with Crippen LogP contribution in [0, 0.1) is 11.6 Å². The number of likely N-dealkylation sites (tertiary alicyclic amines) is 1. The molecule has 0 atom stereocenters. The van der Waals surface area contributed by atoms with E-state index in [1.165, 1.54) is 50.8 Å². The van der Waals surface area contributed by atoms with Gasteiger partial charge in [-0.25, -0.2) is 8.78 Å². The van der Waals surface area contributed by atoms with Gasteiger partial charge in [0, 0.05) is 18.6 Å². The van der Waals surface area contributed by atoms with Crippen molar-refractivity contribution in [2.45, 2.75) is 71.5 Å². The second-order valence-electron chi connectivity index (χ2n) is 6.96. The Labute approximate surface area is 145 Å². The summed E-state index contributed by atoms with van der Waals surface area (Å²) < 4.78 is 26.4. The molecule has 0 radical (unpaired) electrons. The molecule has 1 aromatic rings. The monoisotopic (exact) mass is 338 g/mol. The van der Waals surface area contributed by atoms with Crippen LogP contribution in [0.2, 0.25) is 0 Å². The molecule has 2 nitrogen and oxygen atoms in total. The van der Waals surface area contributed by atoms with Crippen LogP contribution in [0.25, 0.3) is 0 Å². The maximum atomic E-state index is 13.4. The lowest BCUT2D eigenvalue weighted by Crippen LogP contribution is -2.49. The summed E-state index contributed by atoms with van der Waals surface area (Å²) in [7, 11) is 0. The Morgan fingerprint density at radius 3 is 2.29 bits per heavy atom. The van der Waals surface area contributed by atoms with Crippen LogP contribution in [0.15, 0.2) is 18.2 Å². The average molecular weight is 338 g/mol. The van der Waals surface area contributed by atoms with Crippen LogP contribution >= 0.6 is 0 Å². The Morgan fingerprint density at radius 2 is 1.75 bits per heavy atom. The molecule has 2 rings (SSSR count). The molecule has 1 aromatic carbocycles. The maximum Gasteiger partial charge on any atom is 0.159 e. The van der Waals surface area contributed by atoms with Gasteiger partial charge in [-0.2, -0.15) is 0 Å². The van der Waals surface area contributed by atoms with Gasteiger partial charge in [0.1, 0.15) is 0 Å². The Morgan fingerprint density at radius 1 is 1.08 bits per heavy atom. The van der Waals surface area contributed by atoms with Crippen LogP contribution in [0.4, 0.5) is 8.78 Å². The first-order valence-corrected chi connectivity index (χ1v) is 9.51. The van der Waals surface area contributed by atoms with Gasteiger partial charge in [0.15, 0.2) is 11.6 Å². The minimum absolute atomic E-state index is 0.663. The normalized spacial score (nSPS) is 17.1. The number of rotatable bonds is 8. The van der Waals surface area contributed by atoms with Crippen molar-refractivity contribution in [1.82, 2.24) is 9.80 Å². The molecule has 0 aliphatic carbocycles. The molecule has 0 saturated carbocycles. The summed E-state index contributed by atoms with van der Waals surface area (Å²) in [5.74, 6) is -1.51. The highest BCUT2D eigenvalue weighted by molar-refractivity contribution is 5.17. The van der Waals surface area contributed by atoms with E-state index in [1.54, 1.807) is 6.07 Å². The molecular formula is C20H32F2N2. The zero-order valence-electron chi connectivity index (χ0n) is 15.4. The standard InChI is InChI=1S/C20H32F2N2/c1-4-11-24(17(5-2)6-3)18-9-12-23(13-10-18)15-16-7-8-19(21)20(22)14-16/h7-8,14,17-18H,4-6,9-13,15H2,1-3H3.